The summed E-state index contributed by atoms with van der Waals surface area (Å²) in [5, 5.41) is 3.56. The van der Waals surface area contributed by atoms with Crippen molar-refractivity contribution in [2.45, 2.75) is 31.2 Å². The Labute approximate surface area is 107 Å². The van der Waals surface area contributed by atoms with Crippen LogP contribution in [0.5, 0.6) is 0 Å². The molecule has 1 aromatic carbocycles. The third-order valence-electron chi connectivity index (χ3n) is 3.42. The van der Waals surface area contributed by atoms with Crippen LogP contribution in [0, 0.1) is 5.82 Å². The highest BCUT2D eigenvalue weighted by molar-refractivity contribution is 7.98. The maximum atomic E-state index is 13.1. The number of thioether (sulfide) groups is 1. The summed E-state index contributed by atoms with van der Waals surface area (Å²) < 4.78 is 13.1. The van der Waals surface area contributed by atoms with Crippen molar-refractivity contribution in [1.82, 2.24) is 5.32 Å². The molecule has 0 bridgehead atoms. The molecule has 1 nitrogen and oxygen atoms in total. The third-order valence-corrected chi connectivity index (χ3v) is 4.11. The predicted molar refractivity (Wildman–Crippen MR) is 73.2 cm³/mol. The number of hydrogen-bond donors (Lipinski definition) is 1. The van der Waals surface area contributed by atoms with Gasteiger partial charge in [-0.05, 0) is 61.4 Å². The highest BCUT2D eigenvalue weighted by Crippen LogP contribution is 2.36. The Hall–Kier alpha value is -0.540. The lowest BCUT2D eigenvalue weighted by Crippen LogP contribution is -2.40. The molecule has 0 aromatic heterocycles. The largest absolute Gasteiger partial charge is 0.314 e. The molecule has 0 atom stereocenters. The second kappa shape index (κ2) is 6.41. The van der Waals surface area contributed by atoms with E-state index in [1.165, 1.54) is 18.2 Å². The van der Waals surface area contributed by atoms with Crippen LogP contribution in [0.1, 0.15) is 30.7 Å². The van der Waals surface area contributed by atoms with Crippen LogP contribution in [0.2, 0.25) is 0 Å². The van der Waals surface area contributed by atoms with E-state index in [0.717, 1.165) is 24.9 Å². The van der Waals surface area contributed by atoms with Crippen molar-refractivity contribution in [3.8, 4) is 0 Å². The first kappa shape index (κ1) is 12.9. The molecule has 17 heavy (non-hydrogen) atoms. The van der Waals surface area contributed by atoms with Gasteiger partial charge < -0.3 is 5.32 Å². The van der Waals surface area contributed by atoms with Crippen molar-refractivity contribution >= 4 is 11.8 Å². The fraction of sp³-hybridized carbons (Fsp3) is 0.571. The molecule has 1 aliphatic rings. The molecule has 0 aliphatic heterocycles. The molecule has 94 valence electrons. The van der Waals surface area contributed by atoms with E-state index < -0.39 is 0 Å². The van der Waals surface area contributed by atoms with Crippen molar-refractivity contribution in [1.29, 1.82) is 0 Å². The van der Waals surface area contributed by atoms with Crippen molar-refractivity contribution in [2.24, 2.45) is 0 Å². The van der Waals surface area contributed by atoms with Gasteiger partial charge in [-0.2, -0.15) is 11.8 Å². The summed E-state index contributed by atoms with van der Waals surface area (Å²) in [7, 11) is 0. The Morgan fingerprint density at radius 3 is 2.94 bits per heavy atom. The summed E-state index contributed by atoms with van der Waals surface area (Å²) in [6.07, 6.45) is 5.69. The molecule has 0 radical (unpaired) electrons. The van der Waals surface area contributed by atoms with E-state index in [9.17, 15) is 4.39 Å². The van der Waals surface area contributed by atoms with Gasteiger partial charge in [-0.25, -0.2) is 4.39 Å². The standard InChI is InChI=1S/C14H20FNS/c1-17-7-3-6-16-14-9-12(10-14)11-4-2-5-13(15)8-11/h2,4-5,8,12,14,16H,3,6-7,9-10H2,1H3. The number of benzene rings is 1. The molecule has 0 amide bonds. The van der Waals surface area contributed by atoms with Crippen molar-refractivity contribution in [3.05, 3.63) is 35.6 Å². The molecule has 3 heteroatoms. The molecule has 1 aliphatic carbocycles. The third kappa shape index (κ3) is 3.71. The Morgan fingerprint density at radius 1 is 1.41 bits per heavy atom. The molecule has 0 unspecified atom stereocenters. The van der Waals surface area contributed by atoms with Crippen LogP contribution in [-0.4, -0.2) is 24.6 Å². The number of hydrogen-bond acceptors (Lipinski definition) is 2. The van der Waals surface area contributed by atoms with Crippen LogP contribution in [0.25, 0.3) is 0 Å². The van der Waals surface area contributed by atoms with E-state index in [-0.39, 0.29) is 5.82 Å². The van der Waals surface area contributed by atoms with Crippen LogP contribution < -0.4 is 5.32 Å². The Morgan fingerprint density at radius 2 is 2.24 bits per heavy atom. The van der Waals surface area contributed by atoms with E-state index in [1.807, 2.05) is 23.9 Å². The normalized spacial score (nSPS) is 23.4. The molecule has 2 rings (SSSR count). The molecule has 1 aromatic rings. The smallest absolute Gasteiger partial charge is 0.123 e. The van der Waals surface area contributed by atoms with E-state index >= 15 is 0 Å². The lowest BCUT2D eigenvalue weighted by molar-refractivity contribution is 0.291. The summed E-state index contributed by atoms with van der Waals surface area (Å²) in [5.41, 5.74) is 1.16. The number of rotatable bonds is 6. The number of nitrogens with one attached hydrogen (secondary N) is 1. The van der Waals surface area contributed by atoms with Crippen LogP contribution in [-0.2, 0) is 0 Å². The summed E-state index contributed by atoms with van der Waals surface area (Å²) in [6, 6.07) is 7.68. The zero-order chi connectivity index (χ0) is 12.1. The maximum absolute atomic E-state index is 13.1. The SMILES string of the molecule is CSCCCNC1CC(c2cccc(F)c2)C1. The predicted octanol–water partition coefficient (Wildman–Crippen LogP) is 3.41. The first-order valence-corrected chi connectivity index (χ1v) is 7.67. The zero-order valence-electron chi connectivity index (χ0n) is 10.3. The lowest BCUT2D eigenvalue weighted by Gasteiger charge is -2.36. The van der Waals surface area contributed by atoms with Crippen LogP contribution in [0.4, 0.5) is 4.39 Å². The van der Waals surface area contributed by atoms with Gasteiger partial charge in [0.1, 0.15) is 5.82 Å². The van der Waals surface area contributed by atoms with Gasteiger partial charge in [0.25, 0.3) is 0 Å². The van der Waals surface area contributed by atoms with Crippen molar-refractivity contribution in [2.75, 3.05) is 18.6 Å². The number of halogens is 1. The minimum Gasteiger partial charge on any atom is -0.314 e. The quantitative estimate of drug-likeness (QED) is 0.780. The topological polar surface area (TPSA) is 12.0 Å². The molecular weight excluding hydrogens is 233 g/mol. The molecule has 1 N–H and O–H groups in total. The lowest BCUT2D eigenvalue weighted by atomic mass is 9.76. The molecular formula is C14H20FNS. The second-order valence-corrected chi connectivity index (χ2v) is 5.71. The van der Waals surface area contributed by atoms with Gasteiger partial charge in [0, 0.05) is 6.04 Å². The highest BCUT2D eigenvalue weighted by atomic mass is 32.2. The van der Waals surface area contributed by atoms with E-state index in [1.54, 1.807) is 6.07 Å². The summed E-state index contributed by atoms with van der Waals surface area (Å²) in [6.45, 7) is 1.11. The van der Waals surface area contributed by atoms with E-state index in [2.05, 4.69) is 11.6 Å². The van der Waals surface area contributed by atoms with Crippen LogP contribution >= 0.6 is 11.8 Å². The fourth-order valence-corrected chi connectivity index (χ4v) is 2.77. The van der Waals surface area contributed by atoms with Crippen LogP contribution in [0.3, 0.4) is 0 Å². The minimum atomic E-state index is -0.112. The monoisotopic (exact) mass is 253 g/mol. The molecule has 1 fully saturated rings. The fourth-order valence-electron chi connectivity index (χ4n) is 2.34. The van der Waals surface area contributed by atoms with Gasteiger partial charge in [-0.3, -0.25) is 0 Å². The Kier molecular flexibility index (Phi) is 4.86. The van der Waals surface area contributed by atoms with Gasteiger partial charge in [-0.15, -0.1) is 0 Å². The first-order valence-electron chi connectivity index (χ1n) is 6.27. The molecule has 0 saturated heterocycles. The van der Waals surface area contributed by atoms with Crippen molar-refractivity contribution in [3.63, 3.8) is 0 Å². The van der Waals surface area contributed by atoms with Crippen molar-refractivity contribution < 1.29 is 4.39 Å². The average Bonchev–Trinajstić information content (AvgIpc) is 2.26. The van der Waals surface area contributed by atoms with Gasteiger partial charge >= 0.3 is 0 Å². The average molecular weight is 253 g/mol. The summed E-state index contributed by atoms with van der Waals surface area (Å²) in [4.78, 5) is 0. The van der Waals surface area contributed by atoms with Gasteiger partial charge in [0.2, 0.25) is 0 Å². The minimum absolute atomic E-state index is 0.112. The maximum Gasteiger partial charge on any atom is 0.123 e. The summed E-state index contributed by atoms with van der Waals surface area (Å²) >= 11 is 1.90. The first-order chi connectivity index (χ1) is 8.29. The molecule has 0 heterocycles. The Balaban J connectivity index is 1.68. The van der Waals surface area contributed by atoms with E-state index in [0.29, 0.717) is 12.0 Å². The molecule has 0 spiro atoms. The second-order valence-electron chi connectivity index (χ2n) is 4.72. The molecule has 1 saturated carbocycles. The van der Waals surface area contributed by atoms with Gasteiger partial charge in [-0.1, -0.05) is 12.1 Å². The summed E-state index contributed by atoms with van der Waals surface area (Å²) in [5.74, 6) is 1.68. The zero-order valence-corrected chi connectivity index (χ0v) is 11.1. The van der Waals surface area contributed by atoms with Gasteiger partial charge in [0.15, 0.2) is 0 Å². The Bertz CT molecular complexity index is 350. The van der Waals surface area contributed by atoms with E-state index in [4.69, 9.17) is 0 Å². The highest BCUT2D eigenvalue weighted by Gasteiger charge is 2.29. The van der Waals surface area contributed by atoms with Crippen LogP contribution in [0.15, 0.2) is 24.3 Å². The van der Waals surface area contributed by atoms with Gasteiger partial charge in [0.05, 0.1) is 0 Å².